The molecule has 1 amide bonds. The van der Waals surface area contributed by atoms with Gasteiger partial charge in [-0.15, -0.1) is 11.8 Å². The van der Waals surface area contributed by atoms with Crippen molar-refractivity contribution in [3.05, 3.63) is 29.3 Å². The van der Waals surface area contributed by atoms with Gasteiger partial charge in [0.2, 0.25) is 5.91 Å². The normalized spacial score (nSPS) is 12.5. The molecule has 0 saturated carbocycles. The Bertz CT molecular complexity index is 570. The summed E-state index contributed by atoms with van der Waals surface area (Å²) < 4.78 is 0. The van der Waals surface area contributed by atoms with Gasteiger partial charge < -0.3 is 10.6 Å². The third-order valence-electron chi connectivity index (χ3n) is 3.84. The van der Waals surface area contributed by atoms with Gasteiger partial charge in [-0.25, -0.2) is 0 Å². The summed E-state index contributed by atoms with van der Waals surface area (Å²) in [6, 6.07) is 5.91. The first-order valence-corrected chi connectivity index (χ1v) is 9.61. The maximum absolute atomic E-state index is 12.3. The molecular weight excluding hydrogens is 320 g/mol. The van der Waals surface area contributed by atoms with Gasteiger partial charge in [0, 0.05) is 23.4 Å². The Kier molecular flexibility index (Phi) is 8.50. The number of carbonyl (C=O) groups is 2. The van der Waals surface area contributed by atoms with Crippen LogP contribution in [0.15, 0.2) is 18.2 Å². The van der Waals surface area contributed by atoms with E-state index < -0.39 is 0 Å². The molecule has 0 aliphatic rings. The molecule has 5 heteroatoms. The first-order valence-electron chi connectivity index (χ1n) is 8.46. The highest BCUT2D eigenvalue weighted by Crippen LogP contribution is 2.18. The Balaban J connectivity index is 2.53. The van der Waals surface area contributed by atoms with Crippen LogP contribution in [0.3, 0.4) is 0 Å². The number of aryl methyl sites for hydroxylation is 1. The lowest BCUT2D eigenvalue weighted by atomic mass is 10.0. The summed E-state index contributed by atoms with van der Waals surface area (Å²) >= 11 is 1.49. The van der Waals surface area contributed by atoms with Gasteiger partial charge in [0.1, 0.15) is 0 Å². The minimum atomic E-state index is -0.205. The van der Waals surface area contributed by atoms with E-state index in [1.807, 2.05) is 59.7 Å². The Morgan fingerprint density at radius 1 is 1.12 bits per heavy atom. The van der Waals surface area contributed by atoms with Gasteiger partial charge in [-0.1, -0.05) is 39.8 Å². The van der Waals surface area contributed by atoms with Gasteiger partial charge in [-0.3, -0.25) is 9.59 Å². The quantitative estimate of drug-likeness (QED) is 0.715. The van der Waals surface area contributed by atoms with Gasteiger partial charge in [-0.05, 0) is 31.0 Å². The van der Waals surface area contributed by atoms with Gasteiger partial charge in [-0.2, -0.15) is 0 Å². The van der Waals surface area contributed by atoms with Gasteiger partial charge in [0.05, 0.1) is 11.8 Å². The standard InChI is InChI=1S/C19H30N2O2S/c1-12(2)19(23)17(20-13(3)4)10-24-11-18(22)21-16-9-7-8-14(5)15(16)6/h7-9,12-13,17,20H,10-11H2,1-6H3,(H,21,22). The van der Waals surface area contributed by atoms with Crippen LogP contribution in [0.4, 0.5) is 5.69 Å². The van der Waals surface area contributed by atoms with E-state index in [2.05, 4.69) is 10.6 Å². The van der Waals surface area contributed by atoms with Crippen molar-refractivity contribution in [2.45, 2.75) is 53.6 Å². The Hall–Kier alpha value is -1.33. The number of hydrogen-bond acceptors (Lipinski definition) is 4. The molecule has 0 spiro atoms. The lowest BCUT2D eigenvalue weighted by molar-refractivity contribution is -0.123. The highest BCUT2D eigenvalue weighted by Gasteiger charge is 2.22. The topological polar surface area (TPSA) is 58.2 Å². The lowest BCUT2D eigenvalue weighted by Gasteiger charge is -2.21. The van der Waals surface area contributed by atoms with Crippen molar-refractivity contribution in [3.8, 4) is 0 Å². The van der Waals surface area contributed by atoms with E-state index in [4.69, 9.17) is 0 Å². The van der Waals surface area contributed by atoms with Crippen LogP contribution in [-0.2, 0) is 9.59 Å². The molecule has 0 aromatic heterocycles. The maximum atomic E-state index is 12.3. The van der Waals surface area contributed by atoms with Gasteiger partial charge in [0.25, 0.3) is 0 Å². The van der Waals surface area contributed by atoms with Gasteiger partial charge >= 0.3 is 0 Å². The van der Waals surface area contributed by atoms with E-state index in [0.29, 0.717) is 11.5 Å². The predicted molar refractivity (Wildman–Crippen MR) is 104 cm³/mol. The van der Waals surface area contributed by atoms with E-state index >= 15 is 0 Å². The van der Waals surface area contributed by atoms with E-state index in [0.717, 1.165) is 16.8 Å². The van der Waals surface area contributed by atoms with E-state index in [9.17, 15) is 9.59 Å². The number of ketones is 1. The van der Waals surface area contributed by atoms with E-state index in [1.54, 1.807) is 0 Å². The Morgan fingerprint density at radius 3 is 2.38 bits per heavy atom. The van der Waals surface area contributed by atoms with Crippen LogP contribution >= 0.6 is 11.8 Å². The maximum Gasteiger partial charge on any atom is 0.234 e. The molecule has 0 fully saturated rings. The summed E-state index contributed by atoms with van der Waals surface area (Å²) in [6.45, 7) is 11.9. The number of anilines is 1. The molecule has 1 aromatic carbocycles. The molecule has 1 unspecified atom stereocenters. The van der Waals surface area contributed by atoms with Crippen LogP contribution in [0.25, 0.3) is 0 Å². The third kappa shape index (κ3) is 6.65. The summed E-state index contributed by atoms with van der Waals surface area (Å²) in [5, 5.41) is 6.25. The summed E-state index contributed by atoms with van der Waals surface area (Å²) in [5.74, 6) is 1.11. The molecule has 0 aliphatic heterocycles. The molecule has 1 aromatic rings. The average molecular weight is 351 g/mol. The van der Waals surface area contributed by atoms with Gasteiger partial charge in [0.15, 0.2) is 5.78 Å². The lowest BCUT2D eigenvalue weighted by Crippen LogP contribution is -2.44. The zero-order valence-corrected chi connectivity index (χ0v) is 16.4. The summed E-state index contributed by atoms with van der Waals surface area (Å²) in [6.07, 6.45) is 0. The molecule has 1 atom stereocenters. The Labute approximate surface area is 150 Å². The molecule has 0 bridgehead atoms. The van der Waals surface area contributed by atoms with Crippen molar-refractivity contribution < 1.29 is 9.59 Å². The van der Waals surface area contributed by atoms with Crippen molar-refractivity contribution in [1.82, 2.24) is 5.32 Å². The minimum absolute atomic E-state index is 0.00869. The number of thioether (sulfide) groups is 1. The van der Waals surface area contributed by atoms with Crippen LogP contribution in [-0.4, -0.2) is 35.3 Å². The number of amides is 1. The zero-order valence-electron chi connectivity index (χ0n) is 15.6. The predicted octanol–water partition coefficient (Wildman–Crippen LogP) is 3.57. The molecular formula is C19H30N2O2S. The largest absolute Gasteiger partial charge is 0.325 e. The molecule has 24 heavy (non-hydrogen) atoms. The number of carbonyl (C=O) groups excluding carboxylic acids is 2. The number of benzene rings is 1. The number of rotatable bonds is 9. The van der Waals surface area contributed by atoms with Crippen molar-refractivity contribution in [1.29, 1.82) is 0 Å². The highest BCUT2D eigenvalue weighted by atomic mass is 32.2. The molecule has 0 heterocycles. The zero-order chi connectivity index (χ0) is 18.3. The molecule has 134 valence electrons. The molecule has 1 rings (SSSR count). The fourth-order valence-electron chi connectivity index (χ4n) is 2.36. The second-order valence-electron chi connectivity index (χ2n) is 6.74. The van der Waals surface area contributed by atoms with Crippen LogP contribution < -0.4 is 10.6 Å². The van der Waals surface area contributed by atoms with Crippen LogP contribution in [0.5, 0.6) is 0 Å². The second kappa shape index (κ2) is 9.84. The summed E-state index contributed by atoms with van der Waals surface area (Å²) in [5.41, 5.74) is 3.10. The van der Waals surface area contributed by atoms with Crippen molar-refractivity contribution in [3.63, 3.8) is 0 Å². The second-order valence-corrected chi connectivity index (χ2v) is 7.77. The van der Waals surface area contributed by atoms with Crippen molar-refractivity contribution >= 4 is 29.1 Å². The molecule has 0 radical (unpaired) electrons. The van der Waals surface area contributed by atoms with E-state index in [-0.39, 0.29) is 29.7 Å². The minimum Gasteiger partial charge on any atom is -0.325 e. The Morgan fingerprint density at radius 2 is 1.79 bits per heavy atom. The fourth-order valence-corrected chi connectivity index (χ4v) is 3.23. The number of hydrogen-bond donors (Lipinski definition) is 2. The fraction of sp³-hybridized carbons (Fsp3) is 0.579. The first-order chi connectivity index (χ1) is 11.2. The average Bonchev–Trinajstić information content (AvgIpc) is 2.49. The van der Waals surface area contributed by atoms with Crippen LogP contribution in [0.2, 0.25) is 0 Å². The highest BCUT2D eigenvalue weighted by molar-refractivity contribution is 8.00. The first kappa shape index (κ1) is 20.7. The molecule has 0 aliphatic carbocycles. The smallest absolute Gasteiger partial charge is 0.234 e. The number of Topliss-reactive ketones (excluding diaryl/α,β-unsaturated/α-hetero) is 1. The SMILES string of the molecule is Cc1cccc(NC(=O)CSCC(NC(C)C)C(=O)C(C)C)c1C. The molecule has 4 nitrogen and oxygen atoms in total. The molecule has 0 saturated heterocycles. The number of nitrogens with one attached hydrogen (secondary N) is 2. The summed E-state index contributed by atoms with van der Waals surface area (Å²) in [7, 11) is 0. The molecule has 2 N–H and O–H groups in total. The van der Waals surface area contributed by atoms with E-state index in [1.165, 1.54) is 11.8 Å². The third-order valence-corrected chi connectivity index (χ3v) is 4.88. The summed E-state index contributed by atoms with van der Waals surface area (Å²) in [4.78, 5) is 24.4. The van der Waals surface area contributed by atoms with Crippen molar-refractivity contribution in [2.75, 3.05) is 16.8 Å². The van der Waals surface area contributed by atoms with Crippen molar-refractivity contribution in [2.24, 2.45) is 5.92 Å². The van der Waals surface area contributed by atoms with Crippen LogP contribution in [0.1, 0.15) is 38.8 Å². The van der Waals surface area contributed by atoms with Crippen LogP contribution in [0, 0.1) is 19.8 Å². The monoisotopic (exact) mass is 350 g/mol.